The van der Waals surface area contributed by atoms with E-state index in [4.69, 9.17) is 11.6 Å². The van der Waals surface area contributed by atoms with Gasteiger partial charge in [-0.25, -0.2) is 9.78 Å². The zero-order chi connectivity index (χ0) is 18.7. The minimum Gasteiger partial charge on any atom is -0.337 e. The maximum absolute atomic E-state index is 12.3. The van der Waals surface area contributed by atoms with E-state index in [1.54, 1.807) is 24.3 Å². The van der Waals surface area contributed by atoms with Gasteiger partial charge in [0.1, 0.15) is 0 Å². The first-order chi connectivity index (χ1) is 12.4. The summed E-state index contributed by atoms with van der Waals surface area (Å²) >= 11 is 7.33. The van der Waals surface area contributed by atoms with E-state index in [1.807, 2.05) is 18.7 Å². The SMILES string of the molecule is CC(C)CC(=O)N1CCc2nc(NC(=O)Nc3cccc(Cl)c3)sc2C1. The van der Waals surface area contributed by atoms with Gasteiger partial charge in [-0.15, -0.1) is 0 Å². The highest BCUT2D eigenvalue weighted by molar-refractivity contribution is 7.15. The lowest BCUT2D eigenvalue weighted by Crippen LogP contribution is -2.36. The van der Waals surface area contributed by atoms with Crippen LogP contribution in [0.2, 0.25) is 5.02 Å². The predicted octanol–water partition coefficient (Wildman–Crippen LogP) is 4.37. The Kier molecular flexibility index (Phi) is 5.78. The minimum absolute atomic E-state index is 0.173. The van der Waals surface area contributed by atoms with Crippen LogP contribution in [0.5, 0.6) is 0 Å². The number of fused-ring (bicyclic) bond motifs is 1. The molecule has 0 saturated heterocycles. The molecule has 1 aliphatic rings. The van der Waals surface area contributed by atoms with Gasteiger partial charge in [0, 0.05) is 35.0 Å². The van der Waals surface area contributed by atoms with E-state index in [-0.39, 0.29) is 11.9 Å². The molecule has 26 heavy (non-hydrogen) atoms. The van der Waals surface area contributed by atoms with Crippen molar-refractivity contribution in [2.45, 2.75) is 33.2 Å². The Bertz CT molecular complexity index is 821. The number of thiazole rings is 1. The average Bonchev–Trinajstić information content (AvgIpc) is 2.95. The van der Waals surface area contributed by atoms with Crippen molar-refractivity contribution in [1.29, 1.82) is 0 Å². The van der Waals surface area contributed by atoms with E-state index in [0.717, 1.165) is 10.6 Å². The van der Waals surface area contributed by atoms with Gasteiger partial charge in [0.15, 0.2) is 5.13 Å². The molecule has 3 rings (SSSR count). The summed E-state index contributed by atoms with van der Waals surface area (Å²) in [5, 5.41) is 6.57. The van der Waals surface area contributed by atoms with Gasteiger partial charge in [-0.2, -0.15) is 0 Å². The molecule has 0 saturated carbocycles. The molecule has 0 radical (unpaired) electrons. The molecule has 6 nitrogen and oxygen atoms in total. The molecule has 2 aromatic rings. The number of nitrogens with zero attached hydrogens (tertiary/aromatic N) is 2. The second kappa shape index (κ2) is 8.05. The first kappa shape index (κ1) is 18.7. The summed E-state index contributed by atoms with van der Waals surface area (Å²) in [5.74, 6) is 0.519. The van der Waals surface area contributed by atoms with Crippen LogP contribution in [0.3, 0.4) is 0 Å². The fourth-order valence-electron chi connectivity index (χ4n) is 2.77. The van der Waals surface area contributed by atoms with E-state index in [0.29, 0.717) is 47.7 Å². The number of nitrogens with one attached hydrogen (secondary N) is 2. The molecule has 2 N–H and O–H groups in total. The number of hydrogen-bond acceptors (Lipinski definition) is 4. The van der Waals surface area contributed by atoms with Gasteiger partial charge in [0.05, 0.1) is 12.2 Å². The highest BCUT2D eigenvalue weighted by atomic mass is 35.5. The van der Waals surface area contributed by atoms with Crippen LogP contribution in [-0.4, -0.2) is 28.4 Å². The third-order valence-electron chi connectivity index (χ3n) is 3.97. The van der Waals surface area contributed by atoms with Crippen molar-refractivity contribution in [1.82, 2.24) is 9.88 Å². The van der Waals surface area contributed by atoms with Crippen LogP contribution in [0.15, 0.2) is 24.3 Å². The van der Waals surface area contributed by atoms with Gasteiger partial charge < -0.3 is 10.2 Å². The second-order valence-electron chi connectivity index (χ2n) is 6.64. The fraction of sp³-hybridized carbons (Fsp3) is 0.389. The molecule has 0 atom stereocenters. The number of hydrogen-bond donors (Lipinski definition) is 2. The Morgan fingerprint density at radius 2 is 2.15 bits per heavy atom. The summed E-state index contributed by atoms with van der Waals surface area (Å²) in [4.78, 5) is 31.8. The maximum atomic E-state index is 12.3. The van der Waals surface area contributed by atoms with Crippen LogP contribution >= 0.6 is 22.9 Å². The fourth-order valence-corrected chi connectivity index (χ4v) is 3.98. The first-order valence-electron chi connectivity index (χ1n) is 8.50. The van der Waals surface area contributed by atoms with Crippen molar-refractivity contribution >= 4 is 45.7 Å². The Morgan fingerprint density at radius 1 is 1.35 bits per heavy atom. The molecule has 0 bridgehead atoms. The number of carbonyl (C=O) groups excluding carboxylic acids is 2. The maximum Gasteiger partial charge on any atom is 0.325 e. The number of halogens is 1. The zero-order valence-corrected chi connectivity index (χ0v) is 16.3. The summed E-state index contributed by atoms with van der Waals surface area (Å²) < 4.78 is 0. The number of carbonyl (C=O) groups is 2. The molecule has 3 amide bonds. The van der Waals surface area contributed by atoms with Crippen LogP contribution in [0, 0.1) is 5.92 Å². The summed E-state index contributed by atoms with van der Waals surface area (Å²) in [7, 11) is 0. The molecule has 0 fully saturated rings. The van der Waals surface area contributed by atoms with E-state index < -0.39 is 0 Å². The molecular weight excluding hydrogens is 372 g/mol. The zero-order valence-electron chi connectivity index (χ0n) is 14.7. The number of benzene rings is 1. The van der Waals surface area contributed by atoms with Crippen molar-refractivity contribution in [2.24, 2.45) is 5.92 Å². The monoisotopic (exact) mass is 392 g/mol. The third kappa shape index (κ3) is 4.74. The Labute approximate surface area is 161 Å². The molecule has 138 valence electrons. The highest BCUT2D eigenvalue weighted by Crippen LogP contribution is 2.29. The van der Waals surface area contributed by atoms with Gasteiger partial charge in [0.2, 0.25) is 5.91 Å². The highest BCUT2D eigenvalue weighted by Gasteiger charge is 2.24. The Hall–Kier alpha value is -2.12. The van der Waals surface area contributed by atoms with Gasteiger partial charge in [-0.3, -0.25) is 10.1 Å². The summed E-state index contributed by atoms with van der Waals surface area (Å²) in [5.41, 5.74) is 1.57. The van der Waals surface area contributed by atoms with Crippen molar-refractivity contribution in [3.05, 3.63) is 39.9 Å². The van der Waals surface area contributed by atoms with Crippen LogP contribution in [0.1, 0.15) is 30.8 Å². The molecule has 0 unspecified atom stereocenters. The van der Waals surface area contributed by atoms with Crippen molar-refractivity contribution in [3.8, 4) is 0 Å². The molecule has 1 aromatic carbocycles. The third-order valence-corrected chi connectivity index (χ3v) is 5.20. The normalized spacial score (nSPS) is 13.5. The lowest BCUT2D eigenvalue weighted by atomic mass is 10.1. The van der Waals surface area contributed by atoms with Crippen LogP contribution in [-0.2, 0) is 17.8 Å². The predicted molar refractivity (Wildman–Crippen MR) is 105 cm³/mol. The van der Waals surface area contributed by atoms with Crippen molar-refractivity contribution < 1.29 is 9.59 Å². The number of rotatable bonds is 4. The molecule has 2 heterocycles. The lowest BCUT2D eigenvalue weighted by molar-refractivity contribution is -0.132. The van der Waals surface area contributed by atoms with Crippen LogP contribution in [0.4, 0.5) is 15.6 Å². The molecule has 8 heteroatoms. The van der Waals surface area contributed by atoms with Crippen molar-refractivity contribution in [2.75, 3.05) is 17.2 Å². The Balaban J connectivity index is 1.61. The van der Waals surface area contributed by atoms with E-state index in [9.17, 15) is 9.59 Å². The molecule has 0 spiro atoms. The molecule has 0 aliphatic carbocycles. The minimum atomic E-state index is -0.369. The lowest BCUT2D eigenvalue weighted by Gasteiger charge is -2.26. The molecule has 1 aliphatic heterocycles. The Morgan fingerprint density at radius 3 is 2.88 bits per heavy atom. The second-order valence-corrected chi connectivity index (χ2v) is 8.16. The number of aromatic nitrogens is 1. The standard InChI is InChI=1S/C18H21ClN4O2S/c1-11(2)8-16(24)23-7-6-14-15(10-23)26-18(21-14)22-17(25)20-13-5-3-4-12(19)9-13/h3-5,9,11H,6-8,10H2,1-2H3,(H2,20,21,22,25). The quantitative estimate of drug-likeness (QED) is 0.811. The van der Waals surface area contributed by atoms with Crippen LogP contribution < -0.4 is 10.6 Å². The van der Waals surface area contributed by atoms with Crippen LogP contribution in [0.25, 0.3) is 0 Å². The van der Waals surface area contributed by atoms with Crippen molar-refractivity contribution in [3.63, 3.8) is 0 Å². The topological polar surface area (TPSA) is 74.3 Å². The number of anilines is 2. The molecular formula is C18H21ClN4O2S. The average molecular weight is 393 g/mol. The van der Waals surface area contributed by atoms with E-state index >= 15 is 0 Å². The van der Waals surface area contributed by atoms with Gasteiger partial charge in [-0.05, 0) is 24.1 Å². The smallest absolute Gasteiger partial charge is 0.325 e. The van der Waals surface area contributed by atoms with Gasteiger partial charge in [0.25, 0.3) is 0 Å². The largest absolute Gasteiger partial charge is 0.337 e. The summed E-state index contributed by atoms with van der Waals surface area (Å²) in [6, 6.07) is 6.57. The summed E-state index contributed by atoms with van der Waals surface area (Å²) in [6.07, 6.45) is 1.27. The summed E-state index contributed by atoms with van der Waals surface area (Å²) in [6.45, 7) is 5.33. The number of amides is 3. The first-order valence-corrected chi connectivity index (χ1v) is 9.70. The van der Waals surface area contributed by atoms with E-state index in [2.05, 4.69) is 15.6 Å². The number of urea groups is 1. The van der Waals surface area contributed by atoms with Gasteiger partial charge in [-0.1, -0.05) is 42.9 Å². The van der Waals surface area contributed by atoms with Gasteiger partial charge >= 0.3 is 6.03 Å². The molecule has 1 aromatic heterocycles. The van der Waals surface area contributed by atoms with E-state index in [1.165, 1.54) is 11.3 Å².